The fourth-order valence-electron chi connectivity index (χ4n) is 0.996. The fraction of sp³-hybridized carbons (Fsp3) is 0. The molecule has 0 amide bonds. The maximum Gasteiger partial charge on any atom is 0.133 e. The Bertz CT molecular complexity index is 403. The normalized spacial score (nSPS) is 9.92. The lowest BCUT2D eigenvalue weighted by molar-refractivity contribution is 1.15. The van der Waals surface area contributed by atoms with E-state index < -0.39 is 0 Å². The lowest BCUT2D eigenvalue weighted by Gasteiger charge is -1.99. The van der Waals surface area contributed by atoms with E-state index in [1.54, 1.807) is 18.6 Å². The maximum absolute atomic E-state index is 4.18. The van der Waals surface area contributed by atoms with Crippen LogP contribution in [0.25, 0.3) is 11.4 Å². The van der Waals surface area contributed by atoms with Crippen molar-refractivity contribution in [3.05, 3.63) is 41.4 Å². The summed E-state index contributed by atoms with van der Waals surface area (Å²) in [5.41, 5.74) is 1.59. The summed E-state index contributed by atoms with van der Waals surface area (Å²) in [5.74, 6) is 0. The van der Waals surface area contributed by atoms with E-state index in [1.807, 2.05) is 18.2 Å². The van der Waals surface area contributed by atoms with Crippen molar-refractivity contribution >= 4 is 15.9 Å². The lowest BCUT2D eigenvalue weighted by atomic mass is 10.3. The second-order valence-corrected chi connectivity index (χ2v) is 3.16. The highest BCUT2D eigenvalue weighted by Crippen LogP contribution is 2.20. The van der Waals surface area contributed by atoms with Gasteiger partial charge in [0.1, 0.15) is 10.3 Å². The summed E-state index contributed by atoms with van der Waals surface area (Å²) >= 11 is 3.32. The van der Waals surface area contributed by atoms with Gasteiger partial charge in [0.2, 0.25) is 0 Å². The molecule has 0 N–H and O–H groups in total. The third-order valence-corrected chi connectivity index (χ3v) is 2.14. The zero-order valence-corrected chi connectivity index (χ0v) is 8.27. The van der Waals surface area contributed by atoms with Crippen LogP contribution in [0, 0.1) is 0 Å². The topological polar surface area (TPSA) is 38.7 Å². The Balaban J connectivity index is 2.54. The average Bonchev–Trinajstić information content (AvgIpc) is 2.20. The van der Waals surface area contributed by atoms with Crippen molar-refractivity contribution < 1.29 is 0 Å². The van der Waals surface area contributed by atoms with E-state index in [1.165, 1.54) is 0 Å². The number of halogens is 1. The van der Waals surface area contributed by atoms with E-state index in [-0.39, 0.29) is 0 Å². The number of rotatable bonds is 1. The first-order chi connectivity index (χ1) is 6.38. The zero-order chi connectivity index (χ0) is 9.10. The summed E-state index contributed by atoms with van der Waals surface area (Å²) < 4.78 is 0.716. The van der Waals surface area contributed by atoms with E-state index >= 15 is 0 Å². The molecule has 0 saturated carbocycles. The minimum absolute atomic E-state index is 0.716. The van der Waals surface area contributed by atoms with Gasteiger partial charge in [0.25, 0.3) is 0 Å². The molecule has 0 radical (unpaired) electrons. The molecule has 2 heterocycles. The minimum atomic E-state index is 0.716. The predicted molar refractivity (Wildman–Crippen MR) is 53.0 cm³/mol. The van der Waals surface area contributed by atoms with Crippen LogP contribution in [0.15, 0.2) is 41.4 Å². The van der Waals surface area contributed by atoms with Gasteiger partial charge in [0.15, 0.2) is 0 Å². The van der Waals surface area contributed by atoms with E-state index in [0.717, 1.165) is 11.4 Å². The third-order valence-electron chi connectivity index (χ3n) is 1.56. The van der Waals surface area contributed by atoms with Gasteiger partial charge >= 0.3 is 0 Å². The molecule has 0 unspecified atom stereocenters. The van der Waals surface area contributed by atoms with Crippen LogP contribution in [-0.4, -0.2) is 15.0 Å². The molecule has 0 spiro atoms. The molecule has 0 saturated heterocycles. The quantitative estimate of drug-likeness (QED) is 0.762. The van der Waals surface area contributed by atoms with Gasteiger partial charge in [0, 0.05) is 18.6 Å². The molecule has 0 aliphatic rings. The number of aromatic nitrogens is 3. The van der Waals surface area contributed by atoms with Crippen molar-refractivity contribution in [1.29, 1.82) is 0 Å². The highest BCUT2D eigenvalue weighted by Gasteiger charge is 2.04. The van der Waals surface area contributed by atoms with E-state index in [4.69, 9.17) is 0 Å². The van der Waals surface area contributed by atoms with Gasteiger partial charge in [-0.15, -0.1) is 0 Å². The molecule has 2 rings (SSSR count). The van der Waals surface area contributed by atoms with Crippen molar-refractivity contribution in [3.63, 3.8) is 0 Å². The first kappa shape index (κ1) is 8.31. The number of hydrogen-bond donors (Lipinski definition) is 0. The maximum atomic E-state index is 4.18. The SMILES string of the molecule is Brc1nccnc1-c1ccccn1. The Morgan fingerprint density at radius 1 is 0.923 bits per heavy atom. The Labute approximate surface area is 84.0 Å². The number of pyridine rings is 1. The Hall–Kier alpha value is -1.29. The van der Waals surface area contributed by atoms with Gasteiger partial charge < -0.3 is 0 Å². The Morgan fingerprint density at radius 3 is 2.46 bits per heavy atom. The van der Waals surface area contributed by atoms with Crippen LogP contribution in [0.2, 0.25) is 0 Å². The largest absolute Gasteiger partial charge is 0.255 e. The third kappa shape index (κ3) is 1.72. The van der Waals surface area contributed by atoms with E-state index in [9.17, 15) is 0 Å². The molecule has 2 aromatic heterocycles. The van der Waals surface area contributed by atoms with Crippen LogP contribution >= 0.6 is 15.9 Å². The molecule has 64 valence electrons. The Morgan fingerprint density at radius 2 is 1.77 bits per heavy atom. The van der Waals surface area contributed by atoms with Crippen LogP contribution in [0.3, 0.4) is 0 Å². The predicted octanol–water partition coefficient (Wildman–Crippen LogP) is 2.30. The average molecular weight is 236 g/mol. The van der Waals surface area contributed by atoms with Gasteiger partial charge in [-0.25, -0.2) is 4.98 Å². The van der Waals surface area contributed by atoms with Gasteiger partial charge in [-0.3, -0.25) is 9.97 Å². The van der Waals surface area contributed by atoms with Crippen LogP contribution in [-0.2, 0) is 0 Å². The zero-order valence-electron chi connectivity index (χ0n) is 6.68. The second-order valence-electron chi connectivity index (χ2n) is 2.41. The van der Waals surface area contributed by atoms with Crippen LogP contribution in [0.5, 0.6) is 0 Å². The first-order valence-corrected chi connectivity index (χ1v) is 4.55. The van der Waals surface area contributed by atoms with Gasteiger partial charge in [-0.2, -0.15) is 0 Å². The minimum Gasteiger partial charge on any atom is -0.255 e. The van der Waals surface area contributed by atoms with Crippen LogP contribution in [0.1, 0.15) is 0 Å². The second kappa shape index (κ2) is 3.62. The lowest BCUT2D eigenvalue weighted by Crippen LogP contribution is -1.89. The van der Waals surface area contributed by atoms with E-state index in [0.29, 0.717) is 4.60 Å². The standard InChI is InChI=1S/C9H6BrN3/c10-9-8(12-5-6-13-9)7-3-1-2-4-11-7/h1-6H. The molecular formula is C9H6BrN3. The summed E-state index contributed by atoms with van der Waals surface area (Å²) in [6, 6.07) is 5.69. The van der Waals surface area contributed by atoms with Crippen LogP contribution in [0.4, 0.5) is 0 Å². The molecule has 0 aliphatic carbocycles. The molecule has 3 nitrogen and oxygen atoms in total. The van der Waals surface area contributed by atoms with Crippen molar-refractivity contribution in [3.8, 4) is 11.4 Å². The van der Waals surface area contributed by atoms with Crippen molar-refractivity contribution in [1.82, 2.24) is 15.0 Å². The highest BCUT2D eigenvalue weighted by atomic mass is 79.9. The van der Waals surface area contributed by atoms with Gasteiger partial charge in [-0.05, 0) is 28.1 Å². The first-order valence-electron chi connectivity index (χ1n) is 3.76. The summed E-state index contributed by atoms with van der Waals surface area (Å²) in [5, 5.41) is 0. The molecular weight excluding hydrogens is 230 g/mol. The van der Waals surface area contributed by atoms with Gasteiger partial charge in [-0.1, -0.05) is 6.07 Å². The molecule has 0 fully saturated rings. The molecule has 0 bridgehead atoms. The Kier molecular flexibility index (Phi) is 2.31. The molecule has 0 atom stereocenters. The van der Waals surface area contributed by atoms with Crippen LogP contribution < -0.4 is 0 Å². The molecule has 0 aromatic carbocycles. The number of hydrogen-bond acceptors (Lipinski definition) is 3. The molecule has 0 aliphatic heterocycles. The fourth-order valence-corrected chi connectivity index (χ4v) is 1.42. The van der Waals surface area contributed by atoms with E-state index in [2.05, 4.69) is 30.9 Å². The summed E-state index contributed by atoms with van der Waals surface area (Å²) in [4.78, 5) is 12.4. The molecule has 2 aromatic rings. The van der Waals surface area contributed by atoms with Crippen molar-refractivity contribution in [2.24, 2.45) is 0 Å². The summed E-state index contributed by atoms with van der Waals surface area (Å²) in [7, 11) is 0. The number of nitrogens with zero attached hydrogens (tertiary/aromatic N) is 3. The molecule has 13 heavy (non-hydrogen) atoms. The smallest absolute Gasteiger partial charge is 0.133 e. The highest BCUT2D eigenvalue weighted by molar-refractivity contribution is 9.10. The van der Waals surface area contributed by atoms with Crippen molar-refractivity contribution in [2.75, 3.05) is 0 Å². The summed E-state index contributed by atoms with van der Waals surface area (Å²) in [6.45, 7) is 0. The van der Waals surface area contributed by atoms with Gasteiger partial charge in [0.05, 0.1) is 5.69 Å². The molecule has 4 heteroatoms. The van der Waals surface area contributed by atoms with Crippen molar-refractivity contribution in [2.45, 2.75) is 0 Å². The monoisotopic (exact) mass is 235 g/mol. The summed E-state index contributed by atoms with van der Waals surface area (Å²) in [6.07, 6.45) is 5.02.